The van der Waals surface area contributed by atoms with Crippen LogP contribution in [-0.2, 0) is 0 Å². The predicted molar refractivity (Wildman–Crippen MR) is 53.0 cm³/mol. The Balaban J connectivity index is 2.52. The van der Waals surface area contributed by atoms with Crippen LogP contribution in [0.3, 0.4) is 0 Å². The normalized spacial score (nSPS) is 25.3. The van der Waals surface area contributed by atoms with Crippen molar-refractivity contribution >= 4 is 0 Å². The summed E-state index contributed by atoms with van der Waals surface area (Å²) < 4.78 is 0. The van der Waals surface area contributed by atoms with Crippen LogP contribution in [0.1, 0.15) is 27.2 Å². The number of rotatable bonds is 1. The van der Waals surface area contributed by atoms with Gasteiger partial charge in [-0.3, -0.25) is 0 Å². The molecular weight excluding hydrogens is 148 g/mol. The van der Waals surface area contributed by atoms with E-state index in [9.17, 15) is 0 Å². The van der Waals surface area contributed by atoms with Crippen LogP contribution >= 0.6 is 0 Å². The van der Waals surface area contributed by atoms with Crippen LogP contribution in [0.5, 0.6) is 0 Å². The van der Waals surface area contributed by atoms with Crippen LogP contribution in [0.4, 0.5) is 0 Å². The monoisotopic (exact) mass is 168 g/mol. The highest BCUT2D eigenvalue weighted by molar-refractivity contribution is 5.13. The minimum Gasteiger partial charge on any atom is -0.323 e. The Morgan fingerprint density at radius 3 is 2.75 bits per heavy atom. The molecule has 0 bridgehead atoms. The molecule has 2 heteroatoms. The molecule has 3 N–H and O–H groups in total. The molecule has 1 heterocycles. The Hall–Kier alpha value is -0.340. The molecule has 0 aromatic heterocycles. The van der Waals surface area contributed by atoms with Gasteiger partial charge in [-0.05, 0) is 11.8 Å². The third-order valence-corrected chi connectivity index (χ3v) is 1.94. The molecule has 0 radical (unpaired) electrons. The third-order valence-electron chi connectivity index (χ3n) is 1.94. The van der Waals surface area contributed by atoms with Gasteiger partial charge in [-0.15, -0.1) is 0 Å². The topological polar surface area (TPSA) is 38.0 Å². The molecule has 0 aromatic carbocycles. The van der Waals surface area contributed by atoms with Crippen molar-refractivity contribution in [3.8, 4) is 0 Å². The van der Waals surface area contributed by atoms with Gasteiger partial charge in [0.05, 0.1) is 0 Å². The first-order valence-electron chi connectivity index (χ1n) is 4.63. The van der Waals surface area contributed by atoms with Crippen LogP contribution in [0, 0.1) is 5.41 Å². The predicted octanol–water partition coefficient (Wildman–Crippen LogP) is 1.28. The van der Waals surface area contributed by atoms with Gasteiger partial charge in [-0.25, -0.2) is 0 Å². The van der Waals surface area contributed by atoms with E-state index in [0.29, 0.717) is 5.41 Å². The van der Waals surface area contributed by atoms with Gasteiger partial charge in [0, 0.05) is 19.1 Å². The lowest BCUT2D eigenvalue weighted by atomic mass is 9.86. The fraction of sp³-hybridized carbons (Fsp3) is 0.800. The third kappa shape index (κ3) is 3.37. The SMILES string of the molecule is CC(C)(C)CC1=CC(N)CNC1. The van der Waals surface area contributed by atoms with Crippen LogP contribution in [0.2, 0.25) is 0 Å². The van der Waals surface area contributed by atoms with Gasteiger partial charge in [-0.1, -0.05) is 32.4 Å². The van der Waals surface area contributed by atoms with Gasteiger partial charge in [0.2, 0.25) is 0 Å². The fourth-order valence-electron chi connectivity index (χ4n) is 1.62. The summed E-state index contributed by atoms with van der Waals surface area (Å²) in [5.41, 5.74) is 7.64. The van der Waals surface area contributed by atoms with Gasteiger partial charge >= 0.3 is 0 Å². The zero-order valence-corrected chi connectivity index (χ0v) is 8.35. The lowest BCUT2D eigenvalue weighted by Gasteiger charge is -2.25. The summed E-state index contributed by atoms with van der Waals surface area (Å²) in [6.07, 6.45) is 3.36. The van der Waals surface area contributed by atoms with E-state index < -0.39 is 0 Å². The summed E-state index contributed by atoms with van der Waals surface area (Å²) in [6, 6.07) is 0.219. The van der Waals surface area contributed by atoms with Crippen LogP contribution < -0.4 is 11.1 Å². The standard InChI is InChI=1S/C10H20N2/c1-10(2,3)5-8-4-9(11)7-12-6-8/h4,9,12H,5-7,11H2,1-3H3. The van der Waals surface area contributed by atoms with Crippen molar-refractivity contribution in [3.63, 3.8) is 0 Å². The van der Waals surface area contributed by atoms with Crippen molar-refractivity contribution in [3.05, 3.63) is 11.6 Å². The Bertz CT molecular complexity index is 177. The second kappa shape index (κ2) is 3.58. The second-order valence-corrected chi connectivity index (χ2v) is 4.86. The van der Waals surface area contributed by atoms with Gasteiger partial charge in [0.1, 0.15) is 0 Å². The molecular formula is C10H20N2. The zero-order chi connectivity index (χ0) is 9.19. The van der Waals surface area contributed by atoms with Crippen LogP contribution in [0.25, 0.3) is 0 Å². The van der Waals surface area contributed by atoms with E-state index in [-0.39, 0.29) is 6.04 Å². The van der Waals surface area contributed by atoms with E-state index in [1.165, 1.54) is 5.57 Å². The molecule has 70 valence electrons. The van der Waals surface area contributed by atoms with E-state index in [1.807, 2.05) is 0 Å². The first kappa shape index (κ1) is 9.75. The van der Waals surface area contributed by atoms with E-state index in [4.69, 9.17) is 5.73 Å². The highest BCUT2D eigenvalue weighted by Crippen LogP contribution is 2.24. The lowest BCUT2D eigenvalue weighted by Crippen LogP contribution is -2.38. The smallest absolute Gasteiger partial charge is 0.0354 e. The Morgan fingerprint density at radius 1 is 1.58 bits per heavy atom. The summed E-state index contributed by atoms with van der Waals surface area (Å²) in [7, 11) is 0. The quantitative estimate of drug-likeness (QED) is 0.579. The highest BCUT2D eigenvalue weighted by atomic mass is 14.9. The largest absolute Gasteiger partial charge is 0.323 e. The molecule has 1 rings (SSSR count). The van der Waals surface area contributed by atoms with Crippen LogP contribution in [0.15, 0.2) is 11.6 Å². The zero-order valence-electron chi connectivity index (χ0n) is 8.35. The molecule has 2 nitrogen and oxygen atoms in total. The first-order chi connectivity index (χ1) is 5.47. The molecule has 0 fully saturated rings. The summed E-state index contributed by atoms with van der Waals surface area (Å²) in [6.45, 7) is 8.72. The lowest BCUT2D eigenvalue weighted by molar-refractivity contribution is 0.399. The van der Waals surface area contributed by atoms with Gasteiger partial charge in [-0.2, -0.15) is 0 Å². The fourth-order valence-corrected chi connectivity index (χ4v) is 1.62. The minimum absolute atomic E-state index is 0.219. The number of hydrogen-bond acceptors (Lipinski definition) is 2. The summed E-state index contributed by atoms with van der Waals surface area (Å²) >= 11 is 0. The Kier molecular flexibility index (Phi) is 2.91. The molecule has 0 saturated heterocycles. The number of nitrogens with two attached hydrogens (primary N) is 1. The number of nitrogens with one attached hydrogen (secondary N) is 1. The average Bonchev–Trinajstić information content (AvgIpc) is 1.82. The van der Waals surface area contributed by atoms with E-state index in [0.717, 1.165) is 19.5 Å². The van der Waals surface area contributed by atoms with Crippen molar-refractivity contribution in [2.75, 3.05) is 13.1 Å². The summed E-state index contributed by atoms with van der Waals surface area (Å²) in [5, 5.41) is 3.31. The van der Waals surface area contributed by atoms with E-state index >= 15 is 0 Å². The van der Waals surface area contributed by atoms with Crippen LogP contribution in [-0.4, -0.2) is 19.1 Å². The van der Waals surface area contributed by atoms with Crippen molar-refractivity contribution in [2.45, 2.75) is 33.2 Å². The molecule has 1 unspecified atom stereocenters. The summed E-state index contributed by atoms with van der Waals surface area (Å²) in [5.74, 6) is 0. The van der Waals surface area contributed by atoms with Crippen molar-refractivity contribution in [1.82, 2.24) is 5.32 Å². The van der Waals surface area contributed by atoms with Gasteiger partial charge < -0.3 is 11.1 Å². The molecule has 0 amide bonds. The average molecular weight is 168 g/mol. The molecule has 1 atom stereocenters. The van der Waals surface area contributed by atoms with Gasteiger partial charge in [0.15, 0.2) is 0 Å². The molecule has 0 saturated carbocycles. The van der Waals surface area contributed by atoms with E-state index in [2.05, 4.69) is 32.2 Å². The maximum atomic E-state index is 5.81. The highest BCUT2D eigenvalue weighted by Gasteiger charge is 2.16. The maximum absolute atomic E-state index is 5.81. The van der Waals surface area contributed by atoms with E-state index in [1.54, 1.807) is 0 Å². The maximum Gasteiger partial charge on any atom is 0.0354 e. The first-order valence-corrected chi connectivity index (χ1v) is 4.63. The number of hydrogen-bond donors (Lipinski definition) is 2. The minimum atomic E-state index is 0.219. The molecule has 0 aromatic rings. The van der Waals surface area contributed by atoms with Crippen molar-refractivity contribution in [1.29, 1.82) is 0 Å². The molecule has 0 spiro atoms. The Labute approximate surface area is 75.2 Å². The van der Waals surface area contributed by atoms with Crippen molar-refractivity contribution in [2.24, 2.45) is 11.1 Å². The second-order valence-electron chi connectivity index (χ2n) is 4.86. The molecule has 12 heavy (non-hydrogen) atoms. The van der Waals surface area contributed by atoms with Crippen molar-refractivity contribution < 1.29 is 0 Å². The molecule has 1 aliphatic heterocycles. The summed E-state index contributed by atoms with van der Waals surface area (Å²) in [4.78, 5) is 0. The Morgan fingerprint density at radius 2 is 2.25 bits per heavy atom. The van der Waals surface area contributed by atoms with Gasteiger partial charge in [0.25, 0.3) is 0 Å². The molecule has 1 aliphatic rings. The molecule has 0 aliphatic carbocycles.